The molecule has 1 N–H and O–H groups in total. The summed E-state index contributed by atoms with van der Waals surface area (Å²) < 4.78 is 5.56. The van der Waals surface area contributed by atoms with Crippen LogP contribution >= 0.6 is 0 Å². The second kappa shape index (κ2) is 5.06. The van der Waals surface area contributed by atoms with Crippen LogP contribution in [0.5, 0.6) is 0 Å². The van der Waals surface area contributed by atoms with Crippen molar-refractivity contribution in [1.82, 2.24) is 15.2 Å². The van der Waals surface area contributed by atoms with E-state index in [1.807, 2.05) is 31.2 Å². The molecule has 0 saturated carbocycles. The highest BCUT2D eigenvalue weighted by atomic mass is 16.4. The summed E-state index contributed by atoms with van der Waals surface area (Å²) in [6, 6.07) is 7.88. The van der Waals surface area contributed by atoms with E-state index in [1.165, 1.54) is 0 Å². The van der Waals surface area contributed by atoms with E-state index in [1.54, 1.807) is 12.4 Å². The SMILES string of the molecule is CCc1cnc(CNc2cnnc3ccccc23)o1. The van der Waals surface area contributed by atoms with E-state index in [9.17, 15) is 0 Å². The first-order valence-corrected chi connectivity index (χ1v) is 6.24. The van der Waals surface area contributed by atoms with Crippen molar-refractivity contribution in [1.29, 1.82) is 0 Å². The molecule has 1 aromatic carbocycles. The van der Waals surface area contributed by atoms with E-state index < -0.39 is 0 Å². The predicted octanol–water partition coefficient (Wildman–Crippen LogP) is 2.79. The number of fused-ring (bicyclic) bond motifs is 1. The Morgan fingerprint density at radius 2 is 2.11 bits per heavy atom. The zero-order valence-electron chi connectivity index (χ0n) is 10.6. The maximum atomic E-state index is 5.56. The summed E-state index contributed by atoms with van der Waals surface area (Å²) in [6.07, 6.45) is 4.33. The molecule has 96 valence electrons. The highest BCUT2D eigenvalue weighted by Gasteiger charge is 2.05. The fourth-order valence-corrected chi connectivity index (χ4v) is 1.91. The van der Waals surface area contributed by atoms with Crippen LogP contribution in [-0.2, 0) is 13.0 Å². The van der Waals surface area contributed by atoms with Crippen molar-refractivity contribution >= 4 is 16.6 Å². The smallest absolute Gasteiger partial charge is 0.213 e. The third kappa shape index (κ3) is 2.40. The maximum Gasteiger partial charge on any atom is 0.213 e. The number of hydrogen-bond acceptors (Lipinski definition) is 5. The lowest BCUT2D eigenvalue weighted by atomic mass is 10.2. The Kier molecular flexibility index (Phi) is 3.10. The van der Waals surface area contributed by atoms with E-state index in [0.717, 1.165) is 28.8 Å². The average Bonchev–Trinajstić information content (AvgIpc) is 2.93. The van der Waals surface area contributed by atoms with Crippen LogP contribution in [0.1, 0.15) is 18.6 Å². The van der Waals surface area contributed by atoms with Crippen molar-refractivity contribution in [3.63, 3.8) is 0 Å². The van der Waals surface area contributed by atoms with Crippen LogP contribution in [0.2, 0.25) is 0 Å². The molecular weight excluding hydrogens is 240 g/mol. The zero-order valence-corrected chi connectivity index (χ0v) is 10.6. The van der Waals surface area contributed by atoms with Crippen LogP contribution in [0.4, 0.5) is 5.69 Å². The molecule has 0 unspecified atom stereocenters. The molecule has 0 aliphatic rings. The van der Waals surface area contributed by atoms with E-state index in [-0.39, 0.29) is 0 Å². The minimum atomic E-state index is 0.537. The largest absolute Gasteiger partial charge is 0.444 e. The fourth-order valence-electron chi connectivity index (χ4n) is 1.91. The van der Waals surface area contributed by atoms with Gasteiger partial charge in [-0.3, -0.25) is 0 Å². The second-order valence-corrected chi connectivity index (χ2v) is 4.20. The molecule has 0 amide bonds. The number of oxazole rings is 1. The van der Waals surface area contributed by atoms with Crippen LogP contribution < -0.4 is 5.32 Å². The summed E-state index contributed by atoms with van der Waals surface area (Å²) in [7, 11) is 0. The van der Waals surface area contributed by atoms with Gasteiger partial charge in [-0.2, -0.15) is 10.2 Å². The molecular formula is C14H14N4O. The number of nitrogens with zero attached hydrogens (tertiary/aromatic N) is 3. The quantitative estimate of drug-likeness (QED) is 0.775. The van der Waals surface area contributed by atoms with Gasteiger partial charge in [0.05, 0.1) is 30.1 Å². The lowest BCUT2D eigenvalue weighted by Gasteiger charge is -2.06. The van der Waals surface area contributed by atoms with Gasteiger partial charge in [-0.25, -0.2) is 4.98 Å². The van der Waals surface area contributed by atoms with Crippen molar-refractivity contribution in [3.05, 3.63) is 48.3 Å². The minimum Gasteiger partial charge on any atom is -0.444 e. The molecule has 3 aromatic rings. The van der Waals surface area contributed by atoms with Gasteiger partial charge in [-0.1, -0.05) is 25.1 Å². The van der Waals surface area contributed by atoms with Crippen LogP contribution in [-0.4, -0.2) is 15.2 Å². The summed E-state index contributed by atoms with van der Waals surface area (Å²) >= 11 is 0. The minimum absolute atomic E-state index is 0.537. The van der Waals surface area contributed by atoms with Gasteiger partial charge in [0.25, 0.3) is 0 Å². The average molecular weight is 254 g/mol. The highest BCUT2D eigenvalue weighted by Crippen LogP contribution is 2.20. The molecule has 0 aliphatic heterocycles. The van der Waals surface area contributed by atoms with Gasteiger partial charge in [-0.15, -0.1) is 0 Å². The molecule has 0 saturated heterocycles. The maximum absolute atomic E-state index is 5.56. The number of anilines is 1. The molecule has 19 heavy (non-hydrogen) atoms. The molecule has 5 nitrogen and oxygen atoms in total. The summed E-state index contributed by atoms with van der Waals surface area (Å²) in [4.78, 5) is 4.22. The number of hydrogen-bond donors (Lipinski definition) is 1. The Hall–Kier alpha value is -2.43. The molecule has 3 rings (SSSR count). The first-order chi connectivity index (χ1) is 9.36. The Morgan fingerprint density at radius 3 is 2.95 bits per heavy atom. The molecule has 5 heteroatoms. The van der Waals surface area contributed by atoms with Gasteiger partial charge in [0.1, 0.15) is 5.76 Å². The van der Waals surface area contributed by atoms with E-state index in [0.29, 0.717) is 12.4 Å². The molecule has 0 fully saturated rings. The number of benzene rings is 1. The van der Waals surface area contributed by atoms with Crippen molar-refractivity contribution in [2.75, 3.05) is 5.32 Å². The van der Waals surface area contributed by atoms with Gasteiger partial charge in [0, 0.05) is 11.8 Å². The van der Waals surface area contributed by atoms with E-state index in [4.69, 9.17) is 4.42 Å². The monoisotopic (exact) mass is 254 g/mol. The summed E-state index contributed by atoms with van der Waals surface area (Å²) in [6.45, 7) is 2.58. The molecule has 2 heterocycles. The lowest BCUT2D eigenvalue weighted by Crippen LogP contribution is -2.01. The Balaban J connectivity index is 1.81. The first kappa shape index (κ1) is 11.6. The number of aryl methyl sites for hydroxylation is 1. The van der Waals surface area contributed by atoms with Crippen molar-refractivity contribution in [3.8, 4) is 0 Å². The molecule has 0 spiro atoms. The number of rotatable bonds is 4. The van der Waals surface area contributed by atoms with E-state index >= 15 is 0 Å². The Labute approximate surface area is 110 Å². The summed E-state index contributed by atoms with van der Waals surface area (Å²) in [5.74, 6) is 1.58. The zero-order chi connectivity index (χ0) is 13.1. The van der Waals surface area contributed by atoms with Crippen LogP contribution in [0.25, 0.3) is 10.9 Å². The first-order valence-electron chi connectivity index (χ1n) is 6.24. The van der Waals surface area contributed by atoms with Crippen LogP contribution in [0.15, 0.2) is 41.1 Å². The van der Waals surface area contributed by atoms with Crippen molar-refractivity contribution in [2.45, 2.75) is 19.9 Å². The van der Waals surface area contributed by atoms with Gasteiger partial charge in [-0.05, 0) is 6.07 Å². The third-order valence-corrected chi connectivity index (χ3v) is 2.93. The predicted molar refractivity (Wildman–Crippen MR) is 72.7 cm³/mol. The standard InChI is InChI=1S/C14H14N4O/c1-2-10-7-16-14(19-10)9-15-13-8-17-18-12-6-4-3-5-11(12)13/h3-8H,2,9H2,1H3,(H,15,18). The van der Waals surface area contributed by atoms with E-state index in [2.05, 4.69) is 20.5 Å². The topological polar surface area (TPSA) is 63.8 Å². The van der Waals surface area contributed by atoms with Gasteiger partial charge in [0.2, 0.25) is 5.89 Å². The number of aromatic nitrogens is 3. The summed E-state index contributed by atoms with van der Waals surface area (Å²) in [5, 5.41) is 12.4. The Bertz CT molecular complexity index is 687. The Morgan fingerprint density at radius 1 is 1.21 bits per heavy atom. The van der Waals surface area contributed by atoms with Gasteiger partial charge >= 0.3 is 0 Å². The normalized spacial score (nSPS) is 10.8. The number of nitrogens with one attached hydrogen (secondary N) is 1. The van der Waals surface area contributed by atoms with Gasteiger partial charge in [0.15, 0.2) is 0 Å². The summed E-state index contributed by atoms with van der Waals surface area (Å²) in [5.41, 5.74) is 1.80. The van der Waals surface area contributed by atoms with Crippen LogP contribution in [0.3, 0.4) is 0 Å². The second-order valence-electron chi connectivity index (χ2n) is 4.20. The van der Waals surface area contributed by atoms with Crippen molar-refractivity contribution < 1.29 is 4.42 Å². The van der Waals surface area contributed by atoms with Crippen molar-refractivity contribution in [2.24, 2.45) is 0 Å². The highest BCUT2D eigenvalue weighted by molar-refractivity contribution is 5.90. The molecule has 0 aliphatic carbocycles. The molecule has 0 radical (unpaired) electrons. The third-order valence-electron chi connectivity index (χ3n) is 2.93. The lowest BCUT2D eigenvalue weighted by molar-refractivity contribution is 0.466. The molecule has 0 bridgehead atoms. The molecule has 2 aromatic heterocycles. The van der Waals surface area contributed by atoms with Gasteiger partial charge < -0.3 is 9.73 Å². The molecule has 0 atom stereocenters. The fraction of sp³-hybridized carbons (Fsp3) is 0.214. The van der Waals surface area contributed by atoms with Crippen LogP contribution in [0, 0.1) is 0 Å².